The molecule has 4 heteroatoms. The Bertz CT molecular complexity index is 1290. The fourth-order valence-electron chi connectivity index (χ4n) is 5.20. The summed E-state index contributed by atoms with van der Waals surface area (Å²) in [6.07, 6.45) is 5.06. The minimum atomic E-state index is -0.587. The first-order chi connectivity index (χ1) is 14.2. The van der Waals surface area contributed by atoms with Gasteiger partial charge in [0.25, 0.3) is 0 Å². The zero-order valence-corrected chi connectivity index (χ0v) is 19.2. The van der Waals surface area contributed by atoms with Crippen molar-refractivity contribution in [3.63, 3.8) is 0 Å². The van der Waals surface area contributed by atoms with E-state index in [4.69, 9.17) is 9.72 Å². The third-order valence-electron chi connectivity index (χ3n) is 7.24. The SMILES string of the molecule is COC(C)(C1=Cc2c(nc(C)c(C#N)c2C)C1)c1c(C)c(C)c(C)c2c1ccn2C. The lowest BCUT2D eigenvalue weighted by Gasteiger charge is -2.34. The highest BCUT2D eigenvalue weighted by Crippen LogP contribution is 2.46. The molecule has 0 saturated heterocycles. The van der Waals surface area contributed by atoms with Crippen molar-refractivity contribution < 1.29 is 4.74 Å². The van der Waals surface area contributed by atoms with Crippen molar-refractivity contribution in [2.24, 2.45) is 7.05 Å². The van der Waals surface area contributed by atoms with Crippen molar-refractivity contribution in [3.05, 3.63) is 68.2 Å². The van der Waals surface area contributed by atoms with E-state index in [0.717, 1.165) is 28.9 Å². The van der Waals surface area contributed by atoms with Gasteiger partial charge in [0.05, 0.1) is 22.5 Å². The largest absolute Gasteiger partial charge is 0.369 e. The Morgan fingerprint density at radius 3 is 2.43 bits per heavy atom. The summed E-state index contributed by atoms with van der Waals surface area (Å²) in [5, 5.41) is 10.8. The molecule has 4 rings (SSSR count). The molecule has 0 saturated carbocycles. The third kappa shape index (κ3) is 2.58. The van der Waals surface area contributed by atoms with Crippen LogP contribution in [0, 0.1) is 45.9 Å². The van der Waals surface area contributed by atoms with Gasteiger partial charge in [0.2, 0.25) is 0 Å². The van der Waals surface area contributed by atoms with Crippen LogP contribution >= 0.6 is 0 Å². The molecule has 1 aliphatic rings. The van der Waals surface area contributed by atoms with Crippen LogP contribution in [0.5, 0.6) is 0 Å². The highest BCUT2D eigenvalue weighted by Gasteiger charge is 2.38. The Hall–Kier alpha value is -2.90. The molecule has 0 spiro atoms. The first-order valence-corrected chi connectivity index (χ1v) is 10.4. The highest BCUT2D eigenvalue weighted by molar-refractivity contribution is 5.91. The maximum atomic E-state index is 9.56. The van der Waals surface area contributed by atoms with Crippen LogP contribution in [-0.2, 0) is 23.8 Å². The zero-order chi connectivity index (χ0) is 22.0. The van der Waals surface area contributed by atoms with Crippen molar-refractivity contribution in [1.29, 1.82) is 5.26 Å². The maximum absolute atomic E-state index is 9.56. The van der Waals surface area contributed by atoms with E-state index >= 15 is 0 Å². The first kappa shape index (κ1) is 20.4. The molecule has 4 nitrogen and oxygen atoms in total. The van der Waals surface area contributed by atoms with Gasteiger partial charge in [-0.25, -0.2) is 0 Å². The number of benzene rings is 1. The topological polar surface area (TPSA) is 50.8 Å². The van der Waals surface area contributed by atoms with Crippen LogP contribution in [0.3, 0.4) is 0 Å². The summed E-state index contributed by atoms with van der Waals surface area (Å²) in [6.45, 7) is 12.7. The molecule has 0 N–H and O–H groups in total. The van der Waals surface area contributed by atoms with E-state index in [-0.39, 0.29) is 0 Å². The monoisotopic (exact) mass is 399 g/mol. The van der Waals surface area contributed by atoms with E-state index in [1.165, 1.54) is 38.7 Å². The smallest absolute Gasteiger partial charge is 0.113 e. The summed E-state index contributed by atoms with van der Waals surface area (Å²) in [4.78, 5) is 4.76. The molecule has 3 aromatic rings. The van der Waals surface area contributed by atoms with Crippen molar-refractivity contribution >= 4 is 17.0 Å². The average molecular weight is 400 g/mol. The second-order valence-electron chi connectivity index (χ2n) is 8.69. The van der Waals surface area contributed by atoms with Crippen molar-refractivity contribution in [2.75, 3.05) is 7.11 Å². The van der Waals surface area contributed by atoms with Crippen LogP contribution in [0.4, 0.5) is 0 Å². The van der Waals surface area contributed by atoms with E-state index in [1.54, 1.807) is 7.11 Å². The molecule has 0 amide bonds. The van der Waals surface area contributed by atoms with Gasteiger partial charge >= 0.3 is 0 Å². The molecule has 154 valence electrons. The molecule has 1 aromatic carbocycles. The van der Waals surface area contributed by atoms with Gasteiger partial charge in [-0.2, -0.15) is 5.26 Å². The molecular weight excluding hydrogens is 370 g/mol. The summed E-state index contributed by atoms with van der Waals surface area (Å²) in [5.41, 5.74) is 11.5. The van der Waals surface area contributed by atoms with Crippen molar-refractivity contribution in [3.8, 4) is 6.07 Å². The van der Waals surface area contributed by atoms with Gasteiger partial charge in [-0.15, -0.1) is 0 Å². The van der Waals surface area contributed by atoms with Gasteiger partial charge in [-0.1, -0.05) is 6.08 Å². The van der Waals surface area contributed by atoms with E-state index in [9.17, 15) is 5.26 Å². The summed E-state index contributed by atoms with van der Waals surface area (Å²) in [5.74, 6) is 0. The highest BCUT2D eigenvalue weighted by atomic mass is 16.5. The molecule has 0 radical (unpaired) electrons. The van der Waals surface area contributed by atoms with Gasteiger partial charge in [0, 0.05) is 43.3 Å². The number of fused-ring (bicyclic) bond motifs is 2. The molecule has 0 aliphatic heterocycles. The van der Waals surface area contributed by atoms with Crippen molar-refractivity contribution in [2.45, 2.75) is 53.6 Å². The Labute approximate surface area is 178 Å². The lowest BCUT2D eigenvalue weighted by molar-refractivity contribution is 0.0354. The minimum Gasteiger partial charge on any atom is -0.369 e. The van der Waals surface area contributed by atoms with E-state index in [1.807, 2.05) is 13.8 Å². The average Bonchev–Trinajstić information content (AvgIpc) is 3.31. The molecule has 30 heavy (non-hydrogen) atoms. The second kappa shape index (κ2) is 6.82. The van der Waals surface area contributed by atoms with Crippen LogP contribution in [0.1, 0.15) is 57.3 Å². The normalized spacial score (nSPS) is 15.1. The number of hydrogen-bond acceptors (Lipinski definition) is 3. The van der Waals surface area contributed by atoms with Crippen LogP contribution in [-0.4, -0.2) is 16.7 Å². The number of ether oxygens (including phenoxy) is 1. The Kier molecular flexibility index (Phi) is 4.63. The Balaban J connectivity index is 1.99. The van der Waals surface area contributed by atoms with Gasteiger partial charge in [0.15, 0.2) is 0 Å². The predicted molar refractivity (Wildman–Crippen MR) is 122 cm³/mol. The van der Waals surface area contributed by atoms with E-state index < -0.39 is 5.60 Å². The number of aryl methyl sites for hydroxylation is 3. The number of rotatable bonds is 3. The molecule has 1 aliphatic carbocycles. The van der Waals surface area contributed by atoms with Gasteiger partial charge in [-0.3, -0.25) is 4.98 Å². The van der Waals surface area contributed by atoms with Crippen LogP contribution in [0.2, 0.25) is 0 Å². The molecule has 0 fully saturated rings. The van der Waals surface area contributed by atoms with E-state index in [0.29, 0.717) is 5.56 Å². The number of pyridine rings is 1. The first-order valence-electron chi connectivity index (χ1n) is 10.4. The summed E-state index contributed by atoms with van der Waals surface area (Å²) < 4.78 is 8.49. The lowest BCUT2D eigenvalue weighted by Crippen LogP contribution is -2.29. The summed E-state index contributed by atoms with van der Waals surface area (Å²) >= 11 is 0. The molecule has 1 atom stereocenters. The maximum Gasteiger partial charge on any atom is 0.113 e. The number of nitriles is 1. The number of methoxy groups -OCH3 is 1. The summed E-state index contributed by atoms with van der Waals surface area (Å²) in [6, 6.07) is 4.52. The van der Waals surface area contributed by atoms with Crippen LogP contribution < -0.4 is 0 Å². The van der Waals surface area contributed by atoms with Crippen molar-refractivity contribution in [1.82, 2.24) is 9.55 Å². The van der Waals surface area contributed by atoms with Gasteiger partial charge < -0.3 is 9.30 Å². The zero-order valence-electron chi connectivity index (χ0n) is 19.2. The number of aromatic nitrogens is 2. The van der Waals surface area contributed by atoms with Gasteiger partial charge in [-0.05, 0) is 75.4 Å². The number of nitrogens with zero attached hydrogens (tertiary/aromatic N) is 3. The molecule has 2 aromatic heterocycles. The Morgan fingerprint density at radius 2 is 1.80 bits per heavy atom. The number of hydrogen-bond donors (Lipinski definition) is 0. The molecular formula is C26H29N3O. The van der Waals surface area contributed by atoms with Crippen LogP contribution in [0.25, 0.3) is 17.0 Å². The van der Waals surface area contributed by atoms with Gasteiger partial charge in [0.1, 0.15) is 11.7 Å². The Morgan fingerprint density at radius 1 is 1.10 bits per heavy atom. The summed E-state index contributed by atoms with van der Waals surface area (Å²) in [7, 11) is 3.89. The quantitative estimate of drug-likeness (QED) is 0.585. The molecule has 2 heterocycles. The van der Waals surface area contributed by atoms with E-state index in [2.05, 4.69) is 63.7 Å². The molecule has 0 bridgehead atoms. The standard InChI is InChI=1S/C26H29N3O/c1-14-15(2)24(20-9-10-29(7)25(20)16(14)3)26(6,30-8)19-11-21-17(4)22(13-27)18(5)28-23(21)12-19/h9-11H,12H2,1-8H3. The fraction of sp³-hybridized carbons (Fsp3) is 0.385. The fourth-order valence-corrected chi connectivity index (χ4v) is 5.20. The minimum absolute atomic E-state index is 0.587. The second-order valence-corrected chi connectivity index (χ2v) is 8.69. The third-order valence-corrected chi connectivity index (χ3v) is 7.24. The molecule has 1 unspecified atom stereocenters. The van der Waals surface area contributed by atoms with Crippen LogP contribution in [0.15, 0.2) is 17.8 Å². The lowest BCUT2D eigenvalue weighted by atomic mass is 9.80. The predicted octanol–water partition coefficient (Wildman–Crippen LogP) is 5.49.